The number of aliphatic imine (C=N–C) groups is 1. The number of likely N-dealkylation sites (N-methyl/N-ethyl adjacent to an activating group) is 2. The number of amides is 1. The zero-order valence-electron chi connectivity index (χ0n) is 14.2. The zero-order valence-corrected chi connectivity index (χ0v) is 14.2. The second-order valence-electron chi connectivity index (χ2n) is 5.99. The van der Waals surface area contributed by atoms with Gasteiger partial charge in [0.05, 0.1) is 6.61 Å². The van der Waals surface area contributed by atoms with E-state index in [1.165, 1.54) is 0 Å². The van der Waals surface area contributed by atoms with Gasteiger partial charge in [-0.1, -0.05) is 18.2 Å². The molecular weight excluding hydrogens is 302 g/mol. The van der Waals surface area contributed by atoms with Crippen molar-refractivity contribution in [3.05, 3.63) is 47.7 Å². The third-order valence-electron chi connectivity index (χ3n) is 4.32. The summed E-state index contributed by atoms with van der Waals surface area (Å²) in [5.41, 5.74) is 2.48. The van der Waals surface area contributed by atoms with E-state index in [1.54, 1.807) is 11.9 Å². The molecule has 1 aliphatic heterocycles. The van der Waals surface area contributed by atoms with Gasteiger partial charge in [-0.25, -0.2) is 4.99 Å². The Kier molecular flexibility index (Phi) is 4.36. The third kappa shape index (κ3) is 3.03. The van der Waals surface area contributed by atoms with Crippen molar-refractivity contribution in [1.82, 2.24) is 4.90 Å². The van der Waals surface area contributed by atoms with Crippen molar-refractivity contribution in [2.75, 3.05) is 32.1 Å². The van der Waals surface area contributed by atoms with Gasteiger partial charge < -0.3 is 10.0 Å². The van der Waals surface area contributed by atoms with Crippen LogP contribution in [0.15, 0.2) is 47.1 Å². The lowest BCUT2D eigenvalue weighted by Crippen LogP contribution is -2.25. The fourth-order valence-corrected chi connectivity index (χ4v) is 2.73. The topological polar surface area (TPSA) is 56.1 Å². The maximum Gasteiger partial charge on any atom is 0.277 e. The summed E-state index contributed by atoms with van der Waals surface area (Å²) in [5.74, 6) is 0.636. The van der Waals surface area contributed by atoms with Gasteiger partial charge in [0.25, 0.3) is 5.91 Å². The minimum absolute atomic E-state index is 0.0754. The molecule has 2 aromatic rings. The van der Waals surface area contributed by atoms with Crippen LogP contribution < -0.4 is 4.90 Å². The number of rotatable bonds is 4. The van der Waals surface area contributed by atoms with Gasteiger partial charge in [0.15, 0.2) is 0 Å². The molecule has 124 valence electrons. The molecule has 1 heterocycles. The van der Waals surface area contributed by atoms with Crippen LogP contribution in [-0.2, 0) is 4.79 Å². The lowest BCUT2D eigenvalue weighted by molar-refractivity contribution is -0.121. The summed E-state index contributed by atoms with van der Waals surface area (Å²) in [7, 11) is 3.69. The number of aliphatic hydroxyl groups excluding tert-OH is 1. The molecule has 0 saturated carbocycles. The SMILES string of the molecule is CC1=N/C(=C\c2ccc3cc(N(C)CCO)ccc3c2)C(=O)N1C. The predicted molar refractivity (Wildman–Crippen MR) is 98.2 cm³/mol. The highest BCUT2D eigenvalue weighted by molar-refractivity contribution is 6.13. The molecule has 1 amide bonds. The van der Waals surface area contributed by atoms with Crippen LogP contribution in [0, 0.1) is 0 Å². The normalized spacial score (nSPS) is 16.2. The van der Waals surface area contributed by atoms with E-state index in [0.29, 0.717) is 18.1 Å². The molecule has 0 aromatic heterocycles. The molecular formula is C19H21N3O2. The molecule has 3 rings (SSSR count). The van der Waals surface area contributed by atoms with Crippen LogP contribution in [0.4, 0.5) is 5.69 Å². The second-order valence-corrected chi connectivity index (χ2v) is 5.99. The molecule has 2 aromatic carbocycles. The molecule has 0 unspecified atom stereocenters. The molecule has 0 atom stereocenters. The van der Waals surface area contributed by atoms with Crippen molar-refractivity contribution >= 4 is 34.3 Å². The highest BCUT2D eigenvalue weighted by atomic mass is 16.3. The Hall–Kier alpha value is -2.66. The highest BCUT2D eigenvalue weighted by Gasteiger charge is 2.23. The van der Waals surface area contributed by atoms with Crippen LogP contribution in [0.25, 0.3) is 16.8 Å². The summed E-state index contributed by atoms with van der Waals surface area (Å²) in [6.07, 6.45) is 1.82. The minimum atomic E-state index is -0.0754. The maximum absolute atomic E-state index is 12.1. The fraction of sp³-hybridized carbons (Fsp3) is 0.263. The van der Waals surface area contributed by atoms with Gasteiger partial charge in [-0.2, -0.15) is 0 Å². The minimum Gasteiger partial charge on any atom is -0.395 e. The van der Waals surface area contributed by atoms with Crippen molar-refractivity contribution in [2.24, 2.45) is 4.99 Å². The molecule has 0 saturated heterocycles. The van der Waals surface area contributed by atoms with E-state index in [-0.39, 0.29) is 12.5 Å². The van der Waals surface area contributed by atoms with E-state index in [2.05, 4.69) is 23.2 Å². The van der Waals surface area contributed by atoms with Gasteiger partial charge >= 0.3 is 0 Å². The molecule has 1 N–H and O–H groups in total. The summed E-state index contributed by atoms with van der Waals surface area (Å²) >= 11 is 0. The molecule has 5 nitrogen and oxygen atoms in total. The van der Waals surface area contributed by atoms with Crippen LogP contribution >= 0.6 is 0 Å². The largest absolute Gasteiger partial charge is 0.395 e. The van der Waals surface area contributed by atoms with Gasteiger partial charge in [-0.05, 0) is 47.5 Å². The zero-order chi connectivity index (χ0) is 17.3. The van der Waals surface area contributed by atoms with Crippen LogP contribution in [0.2, 0.25) is 0 Å². The second kappa shape index (κ2) is 6.45. The monoisotopic (exact) mass is 323 g/mol. The van der Waals surface area contributed by atoms with Gasteiger partial charge in [-0.15, -0.1) is 0 Å². The predicted octanol–water partition coefficient (Wildman–Crippen LogP) is 2.50. The number of carbonyl (C=O) groups excluding carboxylic acids is 1. The lowest BCUT2D eigenvalue weighted by Gasteiger charge is -2.18. The first-order valence-corrected chi connectivity index (χ1v) is 7.90. The molecule has 0 fully saturated rings. The van der Waals surface area contributed by atoms with Crippen molar-refractivity contribution in [1.29, 1.82) is 0 Å². The number of hydrogen-bond acceptors (Lipinski definition) is 4. The van der Waals surface area contributed by atoms with E-state index in [0.717, 1.165) is 22.0 Å². The molecule has 24 heavy (non-hydrogen) atoms. The number of amidine groups is 1. The fourth-order valence-electron chi connectivity index (χ4n) is 2.73. The standard InChI is InChI=1S/C19H21N3O2/c1-13-20-18(19(24)22(13)3)11-14-4-5-16-12-17(21(2)8-9-23)7-6-15(16)10-14/h4-7,10-12,23H,8-9H2,1-3H3/b18-11-. The van der Waals surface area contributed by atoms with E-state index < -0.39 is 0 Å². The Labute approximate surface area is 141 Å². The van der Waals surface area contributed by atoms with Crippen LogP contribution in [0.5, 0.6) is 0 Å². The summed E-state index contributed by atoms with van der Waals surface area (Å²) in [4.78, 5) is 20.0. The highest BCUT2D eigenvalue weighted by Crippen LogP contribution is 2.24. The van der Waals surface area contributed by atoms with Crippen molar-refractivity contribution in [3.63, 3.8) is 0 Å². The number of carbonyl (C=O) groups is 1. The van der Waals surface area contributed by atoms with Gasteiger partial charge in [0.2, 0.25) is 0 Å². The van der Waals surface area contributed by atoms with Crippen LogP contribution in [0.3, 0.4) is 0 Å². The molecule has 0 bridgehead atoms. The van der Waals surface area contributed by atoms with Crippen LogP contribution in [-0.4, -0.2) is 49.0 Å². The van der Waals surface area contributed by atoms with Gasteiger partial charge in [-0.3, -0.25) is 9.69 Å². The Morgan fingerprint density at radius 1 is 1.21 bits per heavy atom. The molecule has 5 heteroatoms. The quantitative estimate of drug-likeness (QED) is 0.880. The summed E-state index contributed by atoms with van der Waals surface area (Å²) in [6.45, 7) is 2.55. The number of benzene rings is 2. The van der Waals surface area contributed by atoms with Crippen molar-refractivity contribution in [2.45, 2.75) is 6.92 Å². The molecule has 0 aliphatic carbocycles. The number of anilines is 1. The van der Waals surface area contributed by atoms with E-state index >= 15 is 0 Å². The Morgan fingerprint density at radius 2 is 1.92 bits per heavy atom. The number of aliphatic hydroxyl groups is 1. The summed E-state index contributed by atoms with van der Waals surface area (Å²) in [5, 5.41) is 11.3. The van der Waals surface area contributed by atoms with Crippen molar-refractivity contribution in [3.8, 4) is 0 Å². The first kappa shape index (κ1) is 16.2. The van der Waals surface area contributed by atoms with Gasteiger partial charge in [0, 0.05) is 26.3 Å². The molecule has 0 radical (unpaired) electrons. The molecule has 1 aliphatic rings. The average molecular weight is 323 g/mol. The Balaban J connectivity index is 1.93. The van der Waals surface area contributed by atoms with E-state index in [4.69, 9.17) is 5.11 Å². The van der Waals surface area contributed by atoms with E-state index in [9.17, 15) is 4.79 Å². The van der Waals surface area contributed by atoms with Gasteiger partial charge in [0.1, 0.15) is 11.5 Å². The Bertz CT molecular complexity index is 855. The smallest absolute Gasteiger partial charge is 0.277 e. The van der Waals surface area contributed by atoms with Crippen LogP contribution in [0.1, 0.15) is 12.5 Å². The Morgan fingerprint density at radius 3 is 2.58 bits per heavy atom. The first-order valence-electron chi connectivity index (χ1n) is 7.90. The number of nitrogens with zero attached hydrogens (tertiary/aromatic N) is 3. The van der Waals surface area contributed by atoms with E-state index in [1.807, 2.05) is 43.1 Å². The lowest BCUT2D eigenvalue weighted by atomic mass is 10.1. The molecule has 0 spiro atoms. The average Bonchev–Trinajstić information content (AvgIpc) is 2.81. The summed E-state index contributed by atoms with van der Waals surface area (Å²) in [6, 6.07) is 12.3. The summed E-state index contributed by atoms with van der Waals surface area (Å²) < 4.78 is 0. The maximum atomic E-state index is 12.1. The number of hydrogen-bond donors (Lipinski definition) is 1. The van der Waals surface area contributed by atoms with Crippen molar-refractivity contribution < 1.29 is 9.90 Å². The first-order chi connectivity index (χ1) is 11.5. The third-order valence-corrected chi connectivity index (χ3v) is 4.32. The number of fused-ring (bicyclic) bond motifs is 1.